The van der Waals surface area contributed by atoms with E-state index in [1.807, 2.05) is 0 Å². The first kappa shape index (κ1) is 10.7. The Morgan fingerprint density at radius 1 is 1.36 bits per heavy atom. The summed E-state index contributed by atoms with van der Waals surface area (Å²) in [5.74, 6) is 0. The molecule has 1 N–H and O–H groups in total. The Morgan fingerprint density at radius 2 is 2.00 bits per heavy atom. The molecule has 0 heterocycles. The van der Waals surface area contributed by atoms with Crippen molar-refractivity contribution in [3.05, 3.63) is 35.9 Å². The average Bonchev–Trinajstić information content (AvgIpc) is 2.16. The van der Waals surface area contributed by atoms with Crippen LogP contribution < -0.4 is 5.32 Å². The molecule has 1 aromatic carbocycles. The summed E-state index contributed by atoms with van der Waals surface area (Å²) in [5, 5.41) is 2.84. The Hall–Kier alpha value is -1.38. The van der Waals surface area contributed by atoms with E-state index in [2.05, 4.69) is 11.9 Å². The minimum atomic E-state index is -2.44. The van der Waals surface area contributed by atoms with Crippen LogP contribution in [0.4, 0.5) is 14.5 Å². The SMILES string of the molecule is C=C(C)c1cc(NC)cc(C(F)F)c1. The van der Waals surface area contributed by atoms with Crippen LogP contribution in [0.1, 0.15) is 24.5 Å². The van der Waals surface area contributed by atoms with Gasteiger partial charge in [0.05, 0.1) is 0 Å². The fourth-order valence-corrected chi connectivity index (χ4v) is 1.17. The molecule has 0 unspecified atom stereocenters. The fourth-order valence-electron chi connectivity index (χ4n) is 1.17. The first-order chi connectivity index (χ1) is 6.54. The third kappa shape index (κ3) is 2.31. The largest absolute Gasteiger partial charge is 0.388 e. The molecule has 0 spiro atoms. The molecule has 3 heteroatoms. The molecule has 1 rings (SSSR count). The van der Waals surface area contributed by atoms with E-state index in [1.165, 1.54) is 12.1 Å². The van der Waals surface area contributed by atoms with Crippen LogP contribution in [-0.2, 0) is 0 Å². The van der Waals surface area contributed by atoms with E-state index in [1.54, 1.807) is 20.0 Å². The third-order valence-corrected chi connectivity index (χ3v) is 1.99. The Morgan fingerprint density at radius 3 is 2.43 bits per heavy atom. The minimum Gasteiger partial charge on any atom is -0.388 e. The molecule has 0 aliphatic carbocycles. The number of allylic oxidation sites excluding steroid dienone is 1. The van der Waals surface area contributed by atoms with Crippen molar-refractivity contribution in [2.24, 2.45) is 0 Å². The number of benzene rings is 1. The molecule has 0 aromatic heterocycles. The molecular weight excluding hydrogens is 184 g/mol. The average molecular weight is 197 g/mol. The molecule has 1 aromatic rings. The number of rotatable bonds is 3. The number of hydrogen-bond donors (Lipinski definition) is 1. The van der Waals surface area contributed by atoms with Gasteiger partial charge in [-0.05, 0) is 30.7 Å². The summed E-state index contributed by atoms with van der Waals surface area (Å²) < 4.78 is 24.9. The van der Waals surface area contributed by atoms with Crippen LogP contribution in [-0.4, -0.2) is 7.05 Å². The van der Waals surface area contributed by atoms with Crippen LogP contribution in [0.25, 0.3) is 5.57 Å². The third-order valence-electron chi connectivity index (χ3n) is 1.99. The van der Waals surface area contributed by atoms with Gasteiger partial charge in [-0.25, -0.2) is 8.78 Å². The number of anilines is 1. The zero-order valence-electron chi connectivity index (χ0n) is 8.27. The summed E-state index contributed by atoms with van der Waals surface area (Å²) >= 11 is 0. The van der Waals surface area contributed by atoms with Crippen LogP contribution in [0.3, 0.4) is 0 Å². The summed E-state index contributed by atoms with van der Waals surface area (Å²) in [5.41, 5.74) is 2.23. The Bertz CT molecular complexity index is 345. The minimum absolute atomic E-state index is 0.0230. The molecule has 0 radical (unpaired) electrons. The summed E-state index contributed by atoms with van der Waals surface area (Å²) in [6.45, 7) is 5.52. The summed E-state index contributed by atoms with van der Waals surface area (Å²) in [6.07, 6.45) is -2.44. The van der Waals surface area contributed by atoms with E-state index in [0.717, 1.165) is 11.1 Å². The van der Waals surface area contributed by atoms with Crippen molar-refractivity contribution in [1.82, 2.24) is 0 Å². The second-order valence-electron chi connectivity index (χ2n) is 3.17. The molecule has 0 atom stereocenters. The molecule has 0 aliphatic rings. The van der Waals surface area contributed by atoms with Gasteiger partial charge in [-0.2, -0.15) is 0 Å². The van der Waals surface area contributed by atoms with Crippen molar-refractivity contribution in [1.29, 1.82) is 0 Å². The van der Waals surface area contributed by atoms with Crippen LogP contribution in [0, 0.1) is 0 Å². The van der Waals surface area contributed by atoms with E-state index < -0.39 is 6.43 Å². The molecule has 0 fully saturated rings. The number of hydrogen-bond acceptors (Lipinski definition) is 1. The molecule has 0 saturated carbocycles. The standard InChI is InChI=1S/C11H13F2N/c1-7(2)8-4-9(11(12)13)6-10(5-8)14-3/h4-6,11,14H,1H2,2-3H3. The predicted octanol–water partition coefficient (Wildman–Crippen LogP) is 3.70. The Kier molecular flexibility index (Phi) is 3.23. The smallest absolute Gasteiger partial charge is 0.263 e. The zero-order chi connectivity index (χ0) is 10.7. The predicted molar refractivity (Wildman–Crippen MR) is 55.7 cm³/mol. The van der Waals surface area contributed by atoms with Crippen molar-refractivity contribution >= 4 is 11.3 Å². The molecule has 76 valence electrons. The van der Waals surface area contributed by atoms with Crippen LogP contribution in [0.2, 0.25) is 0 Å². The van der Waals surface area contributed by atoms with Crippen molar-refractivity contribution in [3.63, 3.8) is 0 Å². The van der Waals surface area contributed by atoms with Crippen molar-refractivity contribution in [2.45, 2.75) is 13.3 Å². The lowest BCUT2D eigenvalue weighted by molar-refractivity contribution is 0.151. The molecular formula is C11H13F2N. The number of halogens is 2. The van der Waals surface area contributed by atoms with Crippen molar-refractivity contribution in [3.8, 4) is 0 Å². The monoisotopic (exact) mass is 197 g/mol. The highest BCUT2D eigenvalue weighted by Crippen LogP contribution is 2.26. The van der Waals surface area contributed by atoms with Crippen LogP contribution in [0.15, 0.2) is 24.8 Å². The summed E-state index contributed by atoms with van der Waals surface area (Å²) in [6, 6.07) is 4.71. The van der Waals surface area contributed by atoms with Gasteiger partial charge in [0.25, 0.3) is 6.43 Å². The number of alkyl halides is 2. The maximum atomic E-state index is 12.5. The Labute approximate surface area is 82.4 Å². The van der Waals surface area contributed by atoms with Gasteiger partial charge >= 0.3 is 0 Å². The maximum absolute atomic E-state index is 12.5. The van der Waals surface area contributed by atoms with Gasteiger partial charge < -0.3 is 5.32 Å². The van der Waals surface area contributed by atoms with Gasteiger partial charge in [-0.15, -0.1) is 0 Å². The van der Waals surface area contributed by atoms with Gasteiger partial charge in [0, 0.05) is 18.3 Å². The highest BCUT2D eigenvalue weighted by Gasteiger charge is 2.09. The van der Waals surface area contributed by atoms with E-state index in [4.69, 9.17) is 0 Å². The molecule has 14 heavy (non-hydrogen) atoms. The summed E-state index contributed by atoms with van der Waals surface area (Å²) in [7, 11) is 1.70. The normalized spacial score (nSPS) is 10.4. The van der Waals surface area contributed by atoms with Gasteiger partial charge in [0.15, 0.2) is 0 Å². The lowest BCUT2D eigenvalue weighted by Gasteiger charge is -2.08. The second kappa shape index (κ2) is 4.22. The fraction of sp³-hybridized carbons (Fsp3) is 0.273. The topological polar surface area (TPSA) is 12.0 Å². The first-order valence-electron chi connectivity index (χ1n) is 4.31. The number of nitrogens with one attached hydrogen (secondary N) is 1. The molecule has 0 aliphatic heterocycles. The van der Waals surface area contributed by atoms with Crippen molar-refractivity contribution < 1.29 is 8.78 Å². The Balaban J connectivity index is 3.20. The zero-order valence-corrected chi connectivity index (χ0v) is 8.27. The summed E-state index contributed by atoms with van der Waals surface area (Å²) in [4.78, 5) is 0. The van der Waals surface area contributed by atoms with E-state index in [9.17, 15) is 8.78 Å². The van der Waals surface area contributed by atoms with Gasteiger partial charge in [0.1, 0.15) is 0 Å². The quantitative estimate of drug-likeness (QED) is 0.779. The highest BCUT2D eigenvalue weighted by molar-refractivity contribution is 5.66. The van der Waals surface area contributed by atoms with E-state index in [-0.39, 0.29) is 5.56 Å². The van der Waals surface area contributed by atoms with Crippen molar-refractivity contribution in [2.75, 3.05) is 12.4 Å². The first-order valence-corrected chi connectivity index (χ1v) is 4.31. The molecule has 1 nitrogen and oxygen atoms in total. The van der Waals surface area contributed by atoms with E-state index >= 15 is 0 Å². The maximum Gasteiger partial charge on any atom is 0.263 e. The van der Waals surface area contributed by atoms with Gasteiger partial charge in [0.2, 0.25) is 0 Å². The lowest BCUT2D eigenvalue weighted by atomic mass is 10.0. The molecule has 0 bridgehead atoms. The second-order valence-corrected chi connectivity index (χ2v) is 3.17. The lowest BCUT2D eigenvalue weighted by Crippen LogP contribution is -1.93. The highest BCUT2D eigenvalue weighted by atomic mass is 19.3. The molecule has 0 saturated heterocycles. The van der Waals surface area contributed by atoms with Gasteiger partial charge in [-0.3, -0.25) is 0 Å². The van der Waals surface area contributed by atoms with E-state index in [0.29, 0.717) is 5.69 Å². The molecule has 0 amide bonds. The van der Waals surface area contributed by atoms with Crippen LogP contribution >= 0.6 is 0 Å². The van der Waals surface area contributed by atoms with Gasteiger partial charge in [-0.1, -0.05) is 12.2 Å². The van der Waals surface area contributed by atoms with Crippen LogP contribution in [0.5, 0.6) is 0 Å².